The van der Waals surface area contributed by atoms with E-state index >= 15 is 0 Å². The molecule has 1 amide bonds. The van der Waals surface area contributed by atoms with Crippen LogP contribution in [0.5, 0.6) is 5.75 Å². The van der Waals surface area contributed by atoms with Crippen LogP contribution in [0, 0.1) is 13.8 Å². The van der Waals surface area contributed by atoms with Gasteiger partial charge >= 0.3 is 0 Å². The molecule has 0 aliphatic carbocycles. The predicted octanol–water partition coefficient (Wildman–Crippen LogP) is 3.17. The van der Waals surface area contributed by atoms with Crippen molar-refractivity contribution in [3.05, 3.63) is 39.6 Å². The van der Waals surface area contributed by atoms with Gasteiger partial charge in [0.25, 0.3) is 5.91 Å². The van der Waals surface area contributed by atoms with Gasteiger partial charge in [-0.25, -0.2) is 9.97 Å². The number of hydrogen-bond donors (Lipinski definition) is 1. The molecule has 1 N–H and O–H groups in total. The number of nitrogens with zero attached hydrogens (tertiary/aromatic N) is 4. The number of hydrogen-bond acceptors (Lipinski definition) is 6. The van der Waals surface area contributed by atoms with E-state index in [-0.39, 0.29) is 12.5 Å². The second-order valence-electron chi connectivity index (χ2n) is 6.77. The van der Waals surface area contributed by atoms with Crippen molar-refractivity contribution in [2.45, 2.75) is 13.8 Å². The number of piperazine rings is 1. The van der Waals surface area contributed by atoms with Crippen molar-refractivity contribution in [1.29, 1.82) is 0 Å². The van der Waals surface area contributed by atoms with Gasteiger partial charge in [0, 0.05) is 31.2 Å². The summed E-state index contributed by atoms with van der Waals surface area (Å²) in [6.45, 7) is 7.27. The van der Waals surface area contributed by atoms with E-state index in [2.05, 4.69) is 32.1 Å². The van der Waals surface area contributed by atoms with Crippen LogP contribution in [0.15, 0.2) is 18.2 Å². The number of carbonyl (C=O) groups excluding carboxylic acids is 1. The molecule has 1 aromatic heterocycles. The summed E-state index contributed by atoms with van der Waals surface area (Å²) in [7, 11) is 2.10. The number of aromatic nitrogens is 2. The first-order valence-electron chi connectivity index (χ1n) is 9.00. The maximum Gasteiger partial charge on any atom is 0.262 e. The maximum atomic E-state index is 12.3. The summed E-state index contributed by atoms with van der Waals surface area (Å²) < 4.78 is 5.48. The zero-order valence-corrected chi connectivity index (χ0v) is 17.6. The minimum atomic E-state index is -0.312. The van der Waals surface area contributed by atoms with E-state index in [1.165, 1.54) is 0 Å². The normalized spacial score (nSPS) is 14.8. The number of carbonyl (C=O) groups is 1. The molecule has 0 saturated carbocycles. The van der Waals surface area contributed by atoms with E-state index in [0.717, 1.165) is 37.6 Å². The van der Waals surface area contributed by atoms with Crippen molar-refractivity contribution >= 4 is 40.7 Å². The third-order valence-corrected chi connectivity index (χ3v) is 5.09. The molecule has 2 aromatic rings. The van der Waals surface area contributed by atoms with Crippen LogP contribution >= 0.6 is 23.2 Å². The molecule has 150 valence electrons. The quantitative estimate of drug-likeness (QED) is 0.795. The average molecular weight is 424 g/mol. The summed E-state index contributed by atoms with van der Waals surface area (Å²) in [4.78, 5) is 25.9. The third-order valence-electron chi connectivity index (χ3n) is 4.56. The molecule has 1 fully saturated rings. The van der Waals surface area contributed by atoms with Crippen LogP contribution in [-0.2, 0) is 4.79 Å². The first kappa shape index (κ1) is 20.6. The lowest BCUT2D eigenvalue weighted by Gasteiger charge is -2.32. The molecule has 9 heteroatoms. The smallest absolute Gasteiger partial charge is 0.262 e. The Bertz CT molecular complexity index is 846. The molecule has 1 saturated heterocycles. The number of halogens is 2. The fraction of sp³-hybridized carbons (Fsp3) is 0.421. The van der Waals surface area contributed by atoms with Gasteiger partial charge < -0.3 is 19.9 Å². The Morgan fingerprint density at radius 3 is 2.39 bits per heavy atom. The number of ether oxygens (including phenoxy) is 1. The molecule has 0 atom stereocenters. The standard InChI is InChI=1S/C19H23Cl2N5O2/c1-12-18(13(2)23-19(22-12)26-8-6-25(3)7-9-26)24-17(27)11-28-16-5-4-14(20)10-15(16)21/h4-5,10H,6-9,11H2,1-3H3,(H,24,27). The largest absolute Gasteiger partial charge is 0.482 e. The predicted molar refractivity (Wildman–Crippen MR) is 112 cm³/mol. The van der Waals surface area contributed by atoms with Crippen LogP contribution < -0.4 is 15.0 Å². The second kappa shape index (κ2) is 8.94. The Labute approximate surface area is 174 Å². The summed E-state index contributed by atoms with van der Waals surface area (Å²) >= 11 is 11.9. The Balaban J connectivity index is 1.64. The Kier molecular flexibility index (Phi) is 6.59. The van der Waals surface area contributed by atoms with E-state index in [0.29, 0.717) is 27.4 Å². The van der Waals surface area contributed by atoms with E-state index in [4.69, 9.17) is 27.9 Å². The molecular weight excluding hydrogens is 401 g/mol. The highest BCUT2D eigenvalue weighted by Crippen LogP contribution is 2.27. The van der Waals surface area contributed by atoms with Gasteiger partial charge in [-0.1, -0.05) is 23.2 Å². The number of rotatable bonds is 5. The molecule has 2 heterocycles. The highest BCUT2D eigenvalue weighted by Gasteiger charge is 2.19. The van der Waals surface area contributed by atoms with Gasteiger partial charge in [0.05, 0.1) is 22.1 Å². The SMILES string of the molecule is Cc1nc(N2CCN(C)CC2)nc(C)c1NC(=O)COc1ccc(Cl)cc1Cl. The highest BCUT2D eigenvalue weighted by atomic mass is 35.5. The van der Waals surface area contributed by atoms with Crippen LogP contribution in [-0.4, -0.2) is 60.6 Å². The van der Waals surface area contributed by atoms with Gasteiger partial charge in [-0.3, -0.25) is 4.79 Å². The minimum Gasteiger partial charge on any atom is -0.482 e. The van der Waals surface area contributed by atoms with Crippen molar-refractivity contribution < 1.29 is 9.53 Å². The zero-order valence-electron chi connectivity index (χ0n) is 16.1. The molecule has 0 unspecified atom stereocenters. The number of amides is 1. The molecule has 1 aliphatic heterocycles. The number of aryl methyl sites for hydroxylation is 2. The van der Waals surface area contributed by atoms with Crippen molar-refractivity contribution in [3.63, 3.8) is 0 Å². The summed E-state index contributed by atoms with van der Waals surface area (Å²) in [6, 6.07) is 4.85. The van der Waals surface area contributed by atoms with Gasteiger partial charge in [0.1, 0.15) is 5.75 Å². The van der Waals surface area contributed by atoms with E-state index in [9.17, 15) is 4.79 Å². The van der Waals surface area contributed by atoms with E-state index < -0.39 is 0 Å². The topological polar surface area (TPSA) is 70.6 Å². The first-order chi connectivity index (χ1) is 13.3. The maximum absolute atomic E-state index is 12.3. The van der Waals surface area contributed by atoms with Crippen molar-refractivity contribution in [3.8, 4) is 5.75 Å². The number of nitrogens with one attached hydrogen (secondary N) is 1. The molecule has 1 aliphatic rings. The van der Waals surface area contributed by atoms with Crippen LogP contribution in [0.4, 0.5) is 11.6 Å². The van der Waals surface area contributed by atoms with Gasteiger partial charge in [-0.15, -0.1) is 0 Å². The molecule has 28 heavy (non-hydrogen) atoms. The molecule has 0 bridgehead atoms. The molecule has 7 nitrogen and oxygen atoms in total. The van der Waals surface area contributed by atoms with Crippen molar-refractivity contribution in [2.75, 3.05) is 50.1 Å². The molecular formula is C19H23Cl2N5O2. The first-order valence-corrected chi connectivity index (χ1v) is 9.75. The Hall–Kier alpha value is -2.09. The van der Waals surface area contributed by atoms with Gasteiger partial charge in [-0.2, -0.15) is 0 Å². The van der Waals surface area contributed by atoms with Crippen LogP contribution in [0.25, 0.3) is 0 Å². The average Bonchev–Trinajstić information content (AvgIpc) is 2.64. The zero-order chi connectivity index (χ0) is 20.3. The fourth-order valence-electron chi connectivity index (χ4n) is 2.94. The molecule has 1 aromatic carbocycles. The Morgan fingerprint density at radius 2 is 1.79 bits per heavy atom. The van der Waals surface area contributed by atoms with Crippen molar-refractivity contribution in [1.82, 2.24) is 14.9 Å². The molecule has 0 spiro atoms. The lowest BCUT2D eigenvalue weighted by atomic mass is 10.2. The van der Waals surface area contributed by atoms with Gasteiger partial charge in [0.2, 0.25) is 5.95 Å². The lowest BCUT2D eigenvalue weighted by Crippen LogP contribution is -2.45. The minimum absolute atomic E-state index is 0.180. The second-order valence-corrected chi connectivity index (χ2v) is 7.61. The number of anilines is 2. The summed E-state index contributed by atoms with van der Waals surface area (Å²) in [5, 5.41) is 3.69. The fourth-order valence-corrected chi connectivity index (χ4v) is 3.40. The molecule has 3 rings (SSSR count). The summed E-state index contributed by atoms with van der Waals surface area (Å²) in [6.07, 6.45) is 0. The Morgan fingerprint density at radius 1 is 1.14 bits per heavy atom. The van der Waals surface area contributed by atoms with Crippen LogP contribution in [0.3, 0.4) is 0 Å². The third kappa shape index (κ3) is 5.04. The molecule has 0 radical (unpaired) electrons. The summed E-state index contributed by atoms with van der Waals surface area (Å²) in [5.41, 5.74) is 2.05. The summed E-state index contributed by atoms with van der Waals surface area (Å²) in [5.74, 6) is 0.787. The van der Waals surface area contributed by atoms with Crippen LogP contribution in [0.1, 0.15) is 11.4 Å². The van der Waals surface area contributed by atoms with Crippen molar-refractivity contribution in [2.24, 2.45) is 0 Å². The lowest BCUT2D eigenvalue weighted by molar-refractivity contribution is -0.118. The van der Waals surface area contributed by atoms with E-state index in [1.54, 1.807) is 18.2 Å². The van der Waals surface area contributed by atoms with Gasteiger partial charge in [0.15, 0.2) is 6.61 Å². The van der Waals surface area contributed by atoms with E-state index in [1.807, 2.05) is 13.8 Å². The number of benzene rings is 1. The number of likely N-dealkylation sites (N-methyl/N-ethyl adjacent to an activating group) is 1. The monoisotopic (exact) mass is 423 g/mol. The van der Waals surface area contributed by atoms with Crippen LogP contribution in [0.2, 0.25) is 10.0 Å². The highest BCUT2D eigenvalue weighted by molar-refractivity contribution is 6.35. The van der Waals surface area contributed by atoms with Gasteiger partial charge in [-0.05, 0) is 39.1 Å².